The number of carbonyl (C=O) groups is 1. The first-order chi connectivity index (χ1) is 20.2. The number of amides is 1. The van der Waals surface area contributed by atoms with Crippen LogP contribution in [0.3, 0.4) is 0 Å². The van der Waals surface area contributed by atoms with E-state index in [9.17, 15) is 18.0 Å². The molecule has 2 saturated heterocycles. The quantitative estimate of drug-likeness (QED) is 0.335. The van der Waals surface area contributed by atoms with Crippen LogP contribution in [0.1, 0.15) is 54.7 Å². The van der Waals surface area contributed by atoms with E-state index in [2.05, 4.69) is 34.9 Å². The molecule has 2 aliphatic rings. The number of halogens is 3. The predicted molar refractivity (Wildman–Crippen MR) is 148 cm³/mol. The largest absolute Gasteiger partial charge is 0.451 e. The third-order valence-corrected chi connectivity index (χ3v) is 8.29. The summed E-state index contributed by atoms with van der Waals surface area (Å²) >= 11 is 0. The number of aromatic nitrogens is 7. The number of hydrogen-bond acceptors (Lipinski definition) is 8. The summed E-state index contributed by atoms with van der Waals surface area (Å²) in [6.45, 7) is 8.04. The molecule has 0 bridgehead atoms. The van der Waals surface area contributed by atoms with E-state index in [-0.39, 0.29) is 24.0 Å². The Bertz CT molecular complexity index is 1550. The van der Waals surface area contributed by atoms with Crippen molar-refractivity contribution < 1.29 is 18.0 Å². The zero-order valence-corrected chi connectivity index (χ0v) is 23.5. The van der Waals surface area contributed by atoms with Gasteiger partial charge in [-0.2, -0.15) is 18.3 Å². The second kappa shape index (κ2) is 11.4. The van der Waals surface area contributed by atoms with Crippen LogP contribution < -0.4 is 0 Å². The fourth-order valence-corrected chi connectivity index (χ4v) is 5.80. The first-order valence-corrected chi connectivity index (χ1v) is 14.3. The molecular weight excluding hydrogens is 549 g/mol. The molecule has 42 heavy (non-hydrogen) atoms. The van der Waals surface area contributed by atoms with Crippen molar-refractivity contribution in [3.05, 3.63) is 54.3 Å². The highest BCUT2D eigenvalue weighted by Crippen LogP contribution is 2.31. The van der Waals surface area contributed by atoms with Gasteiger partial charge in [-0.1, -0.05) is 13.8 Å². The summed E-state index contributed by atoms with van der Waals surface area (Å²) in [5.74, 6) is -1.75. The molecule has 4 aromatic heterocycles. The molecule has 0 aromatic carbocycles. The number of fused-ring (bicyclic) bond motifs is 1. The molecule has 11 nitrogen and oxygen atoms in total. The van der Waals surface area contributed by atoms with Crippen LogP contribution in [0, 0.1) is 0 Å². The summed E-state index contributed by atoms with van der Waals surface area (Å²) in [5.41, 5.74) is 2.56. The Labute approximate surface area is 240 Å². The van der Waals surface area contributed by atoms with E-state index in [1.165, 1.54) is 6.07 Å². The Morgan fingerprint density at radius 2 is 1.86 bits per heavy atom. The summed E-state index contributed by atoms with van der Waals surface area (Å²) in [7, 11) is 0. The fraction of sp³-hybridized carbons (Fsp3) is 0.500. The third-order valence-electron chi connectivity index (χ3n) is 8.29. The van der Waals surface area contributed by atoms with Crippen LogP contribution in [-0.4, -0.2) is 101 Å². The zero-order chi connectivity index (χ0) is 29.4. The normalized spacial score (nSPS) is 17.3. The number of carbonyl (C=O) groups excluding carboxylic acids is 1. The standard InChI is InChI=1S/C28H33F3N10O/c1-3-38(4-2)14-19-11-23(37-27(36-19)28(29,30)31)26(42)39-9-6-20(7-10-39)40-15-21(16-40)41-13-18(12-35-41)24-22-5-8-32-25(22)34-17-33-24/h5,8,11-13,17,20-21H,3-4,6-7,9-10,14-16H2,1-2H3,(H,32,33,34). The van der Waals surface area contributed by atoms with Gasteiger partial charge in [-0.05, 0) is 38.1 Å². The highest BCUT2D eigenvalue weighted by molar-refractivity contribution is 5.92. The maximum atomic E-state index is 13.5. The zero-order valence-electron chi connectivity index (χ0n) is 23.5. The summed E-state index contributed by atoms with van der Waals surface area (Å²) in [6, 6.07) is 3.90. The first-order valence-electron chi connectivity index (χ1n) is 14.3. The lowest BCUT2D eigenvalue weighted by Crippen LogP contribution is -2.56. The van der Waals surface area contributed by atoms with Gasteiger partial charge in [-0.15, -0.1) is 0 Å². The number of hydrogen-bond donors (Lipinski definition) is 1. The van der Waals surface area contributed by atoms with Gasteiger partial charge in [0.2, 0.25) is 5.82 Å². The molecule has 0 aliphatic carbocycles. The van der Waals surface area contributed by atoms with Crippen molar-refractivity contribution in [3.8, 4) is 11.3 Å². The van der Waals surface area contributed by atoms with Gasteiger partial charge in [0.05, 0.1) is 23.6 Å². The molecule has 2 aliphatic heterocycles. The van der Waals surface area contributed by atoms with Gasteiger partial charge in [0.25, 0.3) is 5.91 Å². The number of rotatable bonds is 8. The lowest BCUT2D eigenvalue weighted by molar-refractivity contribution is -0.145. The number of H-pyrrole nitrogens is 1. The molecular formula is C28H33F3N10O. The molecule has 1 N–H and O–H groups in total. The number of likely N-dealkylation sites (tertiary alicyclic amines) is 2. The Kier molecular flexibility index (Phi) is 7.66. The molecule has 4 aromatic rings. The van der Waals surface area contributed by atoms with Gasteiger partial charge >= 0.3 is 6.18 Å². The number of nitrogens with one attached hydrogen (secondary N) is 1. The molecule has 0 atom stereocenters. The number of piperidine rings is 1. The predicted octanol–water partition coefficient (Wildman–Crippen LogP) is 3.63. The minimum absolute atomic E-state index is 0.197. The minimum atomic E-state index is -4.73. The maximum absolute atomic E-state index is 13.5. The van der Waals surface area contributed by atoms with Gasteiger partial charge in [0.1, 0.15) is 17.7 Å². The molecule has 222 valence electrons. The van der Waals surface area contributed by atoms with Crippen LogP contribution in [0.15, 0.2) is 37.1 Å². The van der Waals surface area contributed by atoms with Crippen LogP contribution in [0.2, 0.25) is 0 Å². The lowest BCUT2D eigenvalue weighted by atomic mass is 9.97. The molecule has 0 unspecified atom stereocenters. The van der Waals surface area contributed by atoms with E-state index >= 15 is 0 Å². The van der Waals surface area contributed by atoms with E-state index in [1.54, 1.807) is 11.2 Å². The fourth-order valence-electron chi connectivity index (χ4n) is 5.80. The molecule has 0 saturated carbocycles. The van der Waals surface area contributed by atoms with Crippen molar-refractivity contribution in [1.29, 1.82) is 0 Å². The highest BCUT2D eigenvalue weighted by atomic mass is 19.4. The first kappa shape index (κ1) is 28.2. The van der Waals surface area contributed by atoms with Crippen LogP contribution >= 0.6 is 0 Å². The summed E-state index contributed by atoms with van der Waals surface area (Å²) in [5, 5.41) is 5.53. The van der Waals surface area contributed by atoms with Crippen molar-refractivity contribution in [2.75, 3.05) is 39.3 Å². The van der Waals surface area contributed by atoms with E-state index in [1.807, 2.05) is 48.1 Å². The Morgan fingerprint density at radius 1 is 1.10 bits per heavy atom. The van der Waals surface area contributed by atoms with Crippen LogP contribution in [0.4, 0.5) is 13.2 Å². The Hall–Kier alpha value is -3.91. The van der Waals surface area contributed by atoms with Gasteiger partial charge in [0, 0.05) is 62.1 Å². The van der Waals surface area contributed by atoms with E-state index < -0.39 is 17.9 Å². The van der Waals surface area contributed by atoms with Gasteiger partial charge in [-0.25, -0.2) is 19.9 Å². The number of aromatic amines is 1. The number of alkyl halides is 3. The van der Waals surface area contributed by atoms with E-state index in [4.69, 9.17) is 0 Å². The summed E-state index contributed by atoms with van der Waals surface area (Å²) in [4.78, 5) is 38.3. The molecule has 0 spiro atoms. The van der Waals surface area contributed by atoms with Gasteiger partial charge < -0.3 is 9.88 Å². The Balaban J connectivity index is 1.06. The van der Waals surface area contributed by atoms with E-state index in [0.717, 1.165) is 48.2 Å². The van der Waals surface area contributed by atoms with Crippen LogP contribution in [0.25, 0.3) is 22.3 Å². The smallest absolute Gasteiger partial charge is 0.346 e. The minimum Gasteiger partial charge on any atom is -0.346 e. The van der Waals surface area contributed by atoms with Gasteiger partial charge in [0.15, 0.2) is 0 Å². The lowest BCUT2D eigenvalue weighted by Gasteiger charge is -2.47. The van der Waals surface area contributed by atoms with Crippen molar-refractivity contribution in [3.63, 3.8) is 0 Å². The summed E-state index contributed by atoms with van der Waals surface area (Å²) in [6.07, 6.45) is 3.99. The average Bonchev–Trinajstić information content (AvgIpc) is 3.65. The molecule has 6 rings (SSSR count). The van der Waals surface area contributed by atoms with Gasteiger partial charge in [-0.3, -0.25) is 19.3 Å². The average molecular weight is 583 g/mol. The molecule has 1 amide bonds. The Morgan fingerprint density at radius 3 is 2.57 bits per heavy atom. The van der Waals surface area contributed by atoms with Crippen LogP contribution in [-0.2, 0) is 12.7 Å². The second-order valence-electron chi connectivity index (χ2n) is 10.8. The van der Waals surface area contributed by atoms with E-state index in [0.29, 0.717) is 32.2 Å². The third kappa shape index (κ3) is 5.60. The SMILES string of the molecule is CCN(CC)Cc1cc(C(=O)N2CCC(N3CC(n4cc(-c5ncnc6[nH]ccc56)cn4)C3)CC2)nc(C(F)(F)F)n1. The van der Waals surface area contributed by atoms with Crippen molar-refractivity contribution in [2.24, 2.45) is 0 Å². The number of nitrogens with zero attached hydrogens (tertiary/aromatic N) is 9. The van der Waals surface area contributed by atoms with Crippen LogP contribution in [0.5, 0.6) is 0 Å². The topological polar surface area (TPSA) is 112 Å². The monoisotopic (exact) mass is 582 g/mol. The van der Waals surface area contributed by atoms with Crippen molar-refractivity contribution >= 4 is 16.9 Å². The summed E-state index contributed by atoms with van der Waals surface area (Å²) < 4.78 is 42.6. The molecule has 0 radical (unpaired) electrons. The molecule has 2 fully saturated rings. The van der Waals surface area contributed by atoms with Crippen molar-refractivity contribution in [2.45, 2.75) is 51.5 Å². The maximum Gasteiger partial charge on any atom is 0.451 e. The molecule has 14 heteroatoms. The second-order valence-corrected chi connectivity index (χ2v) is 10.8. The highest BCUT2D eigenvalue weighted by Gasteiger charge is 2.38. The van der Waals surface area contributed by atoms with Crippen molar-refractivity contribution in [1.82, 2.24) is 49.4 Å². The molecule has 6 heterocycles.